The van der Waals surface area contributed by atoms with Gasteiger partial charge in [0, 0.05) is 17.9 Å². The fourth-order valence-corrected chi connectivity index (χ4v) is 6.72. The molecule has 1 atom stereocenters. The second-order valence-corrected chi connectivity index (χ2v) is 12.7. The molecule has 234 valence electrons. The molecule has 1 aliphatic rings. The lowest BCUT2D eigenvalue weighted by Crippen LogP contribution is -2.49. The Bertz CT molecular complexity index is 1930. The van der Waals surface area contributed by atoms with Gasteiger partial charge in [0.1, 0.15) is 17.7 Å². The first-order valence-corrected chi connectivity index (χ1v) is 16.5. The first-order valence-electron chi connectivity index (χ1n) is 15.0. The van der Waals surface area contributed by atoms with E-state index in [1.807, 2.05) is 92.7 Å². The van der Waals surface area contributed by atoms with Crippen LogP contribution in [0.1, 0.15) is 40.1 Å². The summed E-state index contributed by atoms with van der Waals surface area (Å²) in [5.41, 5.74) is 4.99. The van der Waals surface area contributed by atoms with Crippen molar-refractivity contribution < 1.29 is 22.7 Å². The van der Waals surface area contributed by atoms with Crippen LogP contribution in [0, 0.1) is 6.92 Å². The van der Waals surface area contributed by atoms with Crippen molar-refractivity contribution in [2.75, 3.05) is 28.2 Å². The van der Waals surface area contributed by atoms with Crippen LogP contribution in [-0.2, 0) is 16.6 Å². The van der Waals surface area contributed by atoms with Crippen LogP contribution in [0.4, 0.5) is 17.1 Å². The Morgan fingerprint density at radius 2 is 1.48 bits per heavy atom. The van der Waals surface area contributed by atoms with Gasteiger partial charge in [-0.3, -0.25) is 14.4 Å². The first-order chi connectivity index (χ1) is 22.3. The number of ether oxygens (including phenoxy) is 2. The molecule has 0 radical (unpaired) electrons. The van der Waals surface area contributed by atoms with E-state index in [9.17, 15) is 13.2 Å². The highest BCUT2D eigenvalue weighted by molar-refractivity contribution is 7.92. The number of anilines is 3. The maximum absolute atomic E-state index is 14.6. The number of amides is 1. The first kappa shape index (κ1) is 30.7. The molecule has 0 unspecified atom stereocenters. The number of rotatable bonds is 10. The number of carbonyl (C=O) groups excluding carboxylic acids is 1. The number of fused-ring (bicyclic) bond motifs is 1. The quantitative estimate of drug-likeness (QED) is 0.171. The monoisotopic (exact) mass is 633 g/mol. The minimum atomic E-state index is -4.02. The molecular formula is C37H35N3O5S. The topological polar surface area (TPSA) is 88.2 Å². The highest BCUT2D eigenvalue weighted by atomic mass is 32.2. The molecule has 1 N–H and O–H groups in total. The number of nitrogens with zero attached hydrogens (tertiary/aromatic N) is 2. The fraction of sp³-hybridized carbons (Fsp3) is 0.162. The van der Waals surface area contributed by atoms with Crippen LogP contribution in [0.2, 0.25) is 0 Å². The van der Waals surface area contributed by atoms with E-state index in [4.69, 9.17) is 9.47 Å². The number of carbonyl (C=O) groups is 1. The van der Waals surface area contributed by atoms with Crippen molar-refractivity contribution in [2.45, 2.75) is 31.5 Å². The van der Waals surface area contributed by atoms with E-state index >= 15 is 0 Å². The second-order valence-electron chi connectivity index (χ2n) is 11.0. The molecule has 5 aromatic carbocycles. The van der Waals surface area contributed by atoms with E-state index in [0.717, 1.165) is 22.4 Å². The number of hydrogen-bond donors (Lipinski definition) is 1. The van der Waals surface area contributed by atoms with E-state index in [1.54, 1.807) is 48.4 Å². The zero-order chi connectivity index (χ0) is 32.3. The van der Waals surface area contributed by atoms with Gasteiger partial charge in [-0.1, -0.05) is 60.2 Å². The Morgan fingerprint density at radius 1 is 0.804 bits per heavy atom. The molecule has 46 heavy (non-hydrogen) atoms. The summed E-state index contributed by atoms with van der Waals surface area (Å²) in [5, 5.41) is 0. The van der Waals surface area contributed by atoms with Gasteiger partial charge in [0.25, 0.3) is 15.9 Å². The number of nitrogens with one attached hydrogen (secondary N) is 1. The predicted octanol–water partition coefficient (Wildman–Crippen LogP) is 7.57. The lowest BCUT2D eigenvalue weighted by molar-refractivity contribution is 0.0968. The lowest BCUT2D eigenvalue weighted by atomic mass is 9.98. The van der Waals surface area contributed by atoms with E-state index in [0.29, 0.717) is 36.0 Å². The van der Waals surface area contributed by atoms with E-state index in [-0.39, 0.29) is 16.4 Å². The van der Waals surface area contributed by atoms with Crippen LogP contribution < -0.4 is 24.0 Å². The fourth-order valence-electron chi connectivity index (χ4n) is 5.64. The van der Waals surface area contributed by atoms with Gasteiger partial charge in [0.2, 0.25) is 0 Å². The van der Waals surface area contributed by atoms with Crippen LogP contribution >= 0.6 is 0 Å². The summed E-state index contributed by atoms with van der Waals surface area (Å²) in [6.07, 6.45) is -0.529. The molecule has 0 spiro atoms. The number of benzene rings is 5. The van der Waals surface area contributed by atoms with E-state index < -0.39 is 16.2 Å². The molecule has 6 rings (SSSR count). The molecule has 0 bridgehead atoms. The van der Waals surface area contributed by atoms with Gasteiger partial charge in [0.05, 0.1) is 29.9 Å². The molecule has 0 aromatic heterocycles. The van der Waals surface area contributed by atoms with E-state index in [2.05, 4.69) is 9.62 Å². The molecule has 0 fully saturated rings. The Kier molecular flexibility index (Phi) is 8.68. The van der Waals surface area contributed by atoms with Crippen molar-refractivity contribution in [2.24, 2.45) is 0 Å². The van der Waals surface area contributed by atoms with Crippen molar-refractivity contribution in [3.63, 3.8) is 0 Å². The zero-order valence-corrected chi connectivity index (χ0v) is 26.7. The third-order valence-electron chi connectivity index (χ3n) is 7.92. The van der Waals surface area contributed by atoms with Crippen molar-refractivity contribution in [3.05, 3.63) is 144 Å². The van der Waals surface area contributed by atoms with Gasteiger partial charge < -0.3 is 14.4 Å². The summed E-state index contributed by atoms with van der Waals surface area (Å²) >= 11 is 0. The minimum Gasteiger partial charge on any atom is -0.497 e. The molecule has 5 aromatic rings. The van der Waals surface area contributed by atoms with Crippen LogP contribution in [-0.4, -0.2) is 28.0 Å². The average Bonchev–Trinajstić information content (AvgIpc) is 3.07. The van der Waals surface area contributed by atoms with Crippen molar-refractivity contribution in [1.29, 1.82) is 0 Å². The number of aryl methyl sites for hydroxylation is 1. The lowest BCUT2D eigenvalue weighted by Gasteiger charge is -2.46. The molecule has 0 saturated carbocycles. The molecule has 1 aliphatic heterocycles. The van der Waals surface area contributed by atoms with Gasteiger partial charge in [-0.2, -0.15) is 0 Å². The zero-order valence-electron chi connectivity index (χ0n) is 25.9. The van der Waals surface area contributed by atoms with Gasteiger partial charge in [-0.05, 0) is 91.7 Å². The third kappa shape index (κ3) is 6.27. The molecular weight excluding hydrogens is 598 g/mol. The molecule has 1 heterocycles. The Hall–Kier alpha value is -5.28. The summed E-state index contributed by atoms with van der Waals surface area (Å²) < 4.78 is 40.7. The van der Waals surface area contributed by atoms with Gasteiger partial charge >= 0.3 is 0 Å². The Morgan fingerprint density at radius 3 is 2.13 bits per heavy atom. The minimum absolute atomic E-state index is 0.0153. The SMILES string of the molecule is CCOc1ccc([C@H]2N(Cc3ccccc3)c3ccc(S(=O)(=O)Nc4ccc(OC)cc4)cc3C(=O)N2c2ccc(C)cc2)cc1. The summed E-state index contributed by atoms with van der Waals surface area (Å²) in [6.45, 7) is 4.95. The van der Waals surface area contributed by atoms with Crippen molar-refractivity contribution >= 4 is 33.0 Å². The standard InChI is InChI=1S/C37H35N3O5S/c1-4-45-32-18-12-28(13-19-32)36-39(25-27-8-6-5-7-9-27)35-23-22-33(46(42,43)38-29-14-20-31(44-3)21-15-29)24-34(35)37(41)40(36)30-16-10-26(2)11-17-30/h5-24,36,38H,4,25H2,1-3H3/t36-/m0/s1. The highest BCUT2D eigenvalue weighted by Gasteiger charge is 2.40. The maximum Gasteiger partial charge on any atom is 0.262 e. The van der Waals surface area contributed by atoms with Crippen LogP contribution in [0.3, 0.4) is 0 Å². The van der Waals surface area contributed by atoms with Crippen LogP contribution in [0.5, 0.6) is 11.5 Å². The van der Waals surface area contributed by atoms with Gasteiger partial charge in [-0.25, -0.2) is 8.42 Å². The molecule has 9 heteroatoms. The highest BCUT2D eigenvalue weighted by Crippen LogP contribution is 2.43. The number of hydrogen-bond acceptors (Lipinski definition) is 6. The van der Waals surface area contributed by atoms with Gasteiger partial charge in [0.15, 0.2) is 0 Å². The smallest absolute Gasteiger partial charge is 0.262 e. The molecule has 1 amide bonds. The summed E-state index contributed by atoms with van der Waals surface area (Å²) in [6, 6.07) is 36.9. The van der Waals surface area contributed by atoms with E-state index in [1.165, 1.54) is 6.07 Å². The molecule has 0 aliphatic carbocycles. The summed E-state index contributed by atoms with van der Waals surface area (Å²) in [5.74, 6) is 1.05. The molecule has 8 nitrogen and oxygen atoms in total. The maximum atomic E-state index is 14.6. The van der Waals surface area contributed by atoms with Crippen molar-refractivity contribution in [1.82, 2.24) is 0 Å². The molecule has 0 saturated heterocycles. The number of methoxy groups -OCH3 is 1. The number of sulfonamides is 1. The summed E-state index contributed by atoms with van der Waals surface area (Å²) in [4.78, 5) is 18.5. The van der Waals surface area contributed by atoms with Crippen molar-refractivity contribution in [3.8, 4) is 11.5 Å². The van der Waals surface area contributed by atoms with Gasteiger partial charge in [-0.15, -0.1) is 0 Å². The second kappa shape index (κ2) is 13.0. The Labute approximate surface area is 269 Å². The summed E-state index contributed by atoms with van der Waals surface area (Å²) in [7, 11) is -2.48. The average molecular weight is 634 g/mol. The predicted molar refractivity (Wildman–Crippen MR) is 181 cm³/mol. The van der Waals surface area contributed by atoms with Crippen LogP contribution in [0.25, 0.3) is 0 Å². The normalized spacial score (nSPS) is 14.5. The van der Waals surface area contributed by atoms with Crippen LogP contribution in [0.15, 0.2) is 126 Å². The largest absolute Gasteiger partial charge is 0.497 e. The third-order valence-corrected chi connectivity index (χ3v) is 9.30. The Balaban J connectivity index is 1.49.